The fourth-order valence-electron chi connectivity index (χ4n) is 7.39. The van der Waals surface area contributed by atoms with Crippen molar-refractivity contribution < 1.29 is 39.5 Å². The van der Waals surface area contributed by atoms with Gasteiger partial charge in [0.15, 0.2) is 0 Å². The van der Waals surface area contributed by atoms with Crippen molar-refractivity contribution in [3.8, 4) is 0 Å². The van der Waals surface area contributed by atoms with Crippen molar-refractivity contribution in [2.75, 3.05) is 13.2 Å². The summed E-state index contributed by atoms with van der Waals surface area (Å²) in [5, 5.41) is 41.2. The average molecular weight is 739 g/mol. The zero-order valence-corrected chi connectivity index (χ0v) is 33.8. The molecule has 0 spiro atoms. The molecule has 306 valence electrons. The Morgan fingerprint density at radius 3 is 1.60 bits per heavy atom. The number of esters is 2. The lowest BCUT2D eigenvalue weighted by Crippen LogP contribution is -2.25. The van der Waals surface area contributed by atoms with Crippen LogP contribution in [-0.4, -0.2) is 70.0 Å². The van der Waals surface area contributed by atoms with Crippen LogP contribution in [0.4, 0.5) is 0 Å². The van der Waals surface area contributed by atoms with E-state index in [1.807, 2.05) is 6.08 Å². The van der Waals surface area contributed by atoms with Crippen LogP contribution in [0.25, 0.3) is 0 Å². The largest absolute Gasteiger partial charge is 0.463 e. The number of rotatable bonds is 35. The van der Waals surface area contributed by atoms with Crippen molar-refractivity contribution in [2.24, 2.45) is 17.8 Å². The van der Waals surface area contributed by atoms with Gasteiger partial charge in [0.2, 0.25) is 0 Å². The molecule has 0 saturated heterocycles. The molecule has 0 amide bonds. The molecule has 0 radical (unpaired) electrons. The second-order valence-electron chi connectivity index (χ2n) is 16.0. The van der Waals surface area contributed by atoms with E-state index in [1.165, 1.54) is 83.5 Å². The third-order valence-electron chi connectivity index (χ3n) is 11.1. The maximum atomic E-state index is 12.1. The number of aliphatic hydroxyl groups is 4. The predicted molar refractivity (Wildman–Crippen MR) is 212 cm³/mol. The quantitative estimate of drug-likeness (QED) is 0.0287. The third kappa shape index (κ3) is 26.3. The van der Waals surface area contributed by atoms with Crippen LogP contribution in [0, 0.1) is 17.8 Å². The SMILES string of the molecule is CCCCC[C@H](O)/C=C/[C@@H]1[C@@H](CCCCCCC(=O)OC[C@H](O)COC(=O)CCCCCCCCCCCCCCCCC(C)CC)[C@@H](O)C[C@H]1O. The van der Waals surface area contributed by atoms with Gasteiger partial charge in [-0.3, -0.25) is 9.59 Å². The van der Waals surface area contributed by atoms with Gasteiger partial charge in [-0.25, -0.2) is 0 Å². The van der Waals surface area contributed by atoms with E-state index >= 15 is 0 Å². The summed E-state index contributed by atoms with van der Waals surface area (Å²) in [6.45, 7) is 6.43. The highest BCUT2D eigenvalue weighted by molar-refractivity contribution is 5.69. The van der Waals surface area contributed by atoms with E-state index < -0.39 is 24.4 Å². The van der Waals surface area contributed by atoms with Gasteiger partial charge in [-0.05, 0) is 37.5 Å². The molecule has 1 aliphatic carbocycles. The summed E-state index contributed by atoms with van der Waals surface area (Å²) in [5.41, 5.74) is 0. The zero-order valence-electron chi connectivity index (χ0n) is 33.8. The molecule has 0 aromatic carbocycles. The molecule has 0 bridgehead atoms. The molecule has 8 heteroatoms. The van der Waals surface area contributed by atoms with Crippen LogP contribution in [0.15, 0.2) is 12.2 Å². The smallest absolute Gasteiger partial charge is 0.305 e. The van der Waals surface area contributed by atoms with Crippen molar-refractivity contribution in [1.29, 1.82) is 0 Å². The van der Waals surface area contributed by atoms with Gasteiger partial charge in [-0.2, -0.15) is 0 Å². The van der Waals surface area contributed by atoms with E-state index in [1.54, 1.807) is 6.08 Å². The minimum absolute atomic E-state index is 0.0297. The summed E-state index contributed by atoms with van der Waals surface area (Å²) < 4.78 is 10.3. The molecule has 1 aliphatic rings. The second-order valence-corrected chi connectivity index (χ2v) is 16.0. The second kappa shape index (κ2) is 32.9. The number of ether oxygens (including phenoxy) is 2. The Hall–Kier alpha value is -1.48. The standard InChI is InChI=1S/C44H82O8/c1-4-6-21-27-37(45)31-32-40-39(41(47)33-42(40)48)28-23-19-20-25-30-44(50)52-35-38(46)34-51-43(49)29-24-18-16-14-12-10-8-7-9-11-13-15-17-22-26-36(3)5-2/h31-32,36-42,45-48H,4-30,33-35H2,1-3H3/b32-31+/t36?,37-,38+,39+,40+,41-,42+/m0/s1. The lowest BCUT2D eigenvalue weighted by atomic mass is 9.88. The Morgan fingerprint density at radius 1 is 0.635 bits per heavy atom. The number of carbonyl (C=O) groups is 2. The maximum absolute atomic E-state index is 12.1. The van der Waals surface area contributed by atoms with Crippen LogP contribution in [-0.2, 0) is 19.1 Å². The monoisotopic (exact) mass is 739 g/mol. The predicted octanol–water partition coefficient (Wildman–Crippen LogP) is 9.92. The zero-order chi connectivity index (χ0) is 38.2. The first-order chi connectivity index (χ1) is 25.2. The van der Waals surface area contributed by atoms with Crippen molar-refractivity contribution in [3.05, 3.63) is 12.2 Å². The summed E-state index contributed by atoms with van der Waals surface area (Å²) in [6, 6.07) is 0. The van der Waals surface area contributed by atoms with E-state index in [9.17, 15) is 30.0 Å². The van der Waals surface area contributed by atoms with E-state index in [0.29, 0.717) is 25.7 Å². The Labute approximate surface area is 318 Å². The summed E-state index contributed by atoms with van der Waals surface area (Å²) >= 11 is 0. The third-order valence-corrected chi connectivity index (χ3v) is 11.1. The lowest BCUT2D eigenvalue weighted by Gasteiger charge is -2.21. The Morgan fingerprint density at radius 2 is 1.10 bits per heavy atom. The van der Waals surface area contributed by atoms with Crippen LogP contribution in [0.1, 0.15) is 201 Å². The first-order valence-corrected chi connectivity index (χ1v) is 21.9. The normalized spacial score (nSPS) is 20.7. The van der Waals surface area contributed by atoms with E-state index in [2.05, 4.69) is 20.8 Å². The molecule has 1 unspecified atom stereocenters. The van der Waals surface area contributed by atoms with Crippen molar-refractivity contribution in [2.45, 2.75) is 225 Å². The van der Waals surface area contributed by atoms with Gasteiger partial charge < -0.3 is 29.9 Å². The molecule has 1 fully saturated rings. The molecule has 1 rings (SSSR count). The van der Waals surface area contributed by atoms with Crippen molar-refractivity contribution in [1.82, 2.24) is 0 Å². The van der Waals surface area contributed by atoms with Crippen molar-refractivity contribution >= 4 is 11.9 Å². The highest BCUT2D eigenvalue weighted by Gasteiger charge is 2.39. The van der Waals surface area contributed by atoms with E-state index in [4.69, 9.17) is 9.47 Å². The molecule has 1 saturated carbocycles. The Kier molecular flexibility index (Phi) is 30.7. The number of hydrogen-bond donors (Lipinski definition) is 4. The minimum Gasteiger partial charge on any atom is -0.463 e. The van der Waals surface area contributed by atoms with Gasteiger partial charge in [0.1, 0.15) is 19.3 Å². The summed E-state index contributed by atoms with van der Waals surface area (Å²) in [5.74, 6) is 0.0213. The fraction of sp³-hybridized carbons (Fsp3) is 0.909. The maximum Gasteiger partial charge on any atom is 0.305 e. The van der Waals surface area contributed by atoms with Crippen molar-refractivity contribution in [3.63, 3.8) is 0 Å². The van der Waals surface area contributed by atoms with Gasteiger partial charge >= 0.3 is 11.9 Å². The number of hydrogen-bond acceptors (Lipinski definition) is 8. The molecule has 0 heterocycles. The Bertz CT molecular complexity index is 878. The minimum atomic E-state index is -1.03. The van der Waals surface area contributed by atoms with Crippen LogP contribution >= 0.6 is 0 Å². The molecule has 4 N–H and O–H groups in total. The summed E-state index contributed by atoms with van der Waals surface area (Å²) in [6.07, 6.45) is 30.5. The lowest BCUT2D eigenvalue weighted by molar-refractivity contribution is -0.152. The average Bonchev–Trinajstić information content (AvgIpc) is 3.40. The van der Waals surface area contributed by atoms with Crippen LogP contribution in [0.5, 0.6) is 0 Å². The highest BCUT2D eigenvalue weighted by atomic mass is 16.6. The fourth-order valence-corrected chi connectivity index (χ4v) is 7.39. The van der Waals surface area contributed by atoms with E-state index in [-0.39, 0.29) is 43.4 Å². The number of unbranched alkanes of at least 4 members (excludes halogenated alkanes) is 18. The van der Waals surface area contributed by atoms with Gasteiger partial charge in [-0.1, -0.05) is 168 Å². The highest BCUT2D eigenvalue weighted by Crippen LogP contribution is 2.37. The molecular formula is C44H82O8. The number of carbonyl (C=O) groups excluding carboxylic acids is 2. The van der Waals surface area contributed by atoms with Gasteiger partial charge in [0.05, 0.1) is 18.3 Å². The van der Waals surface area contributed by atoms with Crippen LogP contribution in [0.2, 0.25) is 0 Å². The van der Waals surface area contributed by atoms with Gasteiger partial charge in [-0.15, -0.1) is 0 Å². The summed E-state index contributed by atoms with van der Waals surface area (Å²) in [7, 11) is 0. The Balaban J connectivity index is 1.96. The molecule has 52 heavy (non-hydrogen) atoms. The molecule has 7 atom stereocenters. The molecular weight excluding hydrogens is 656 g/mol. The van der Waals surface area contributed by atoms with E-state index in [0.717, 1.165) is 70.1 Å². The van der Waals surface area contributed by atoms with Crippen LogP contribution in [0.3, 0.4) is 0 Å². The molecule has 0 aromatic heterocycles. The molecule has 0 aromatic rings. The molecule has 8 nitrogen and oxygen atoms in total. The van der Waals surface area contributed by atoms with Gasteiger partial charge in [0.25, 0.3) is 0 Å². The number of aliphatic hydroxyl groups excluding tert-OH is 4. The first-order valence-electron chi connectivity index (χ1n) is 21.9. The molecule has 0 aliphatic heterocycles. The first kappa shape index (κ1) is 48.5. The topological polar surface area (TPSA) is 134 Å². The summed E-state index contributed by atoms with van der Waals surface area (Å²) in [4.78, 5) is 24.2. The van der Waals surface area contributed by atoms with Crippen LogP contribution < -0.4 is 0 Å². The van der Waals surface area contributed by atoms with Gasteiger partial charge in [0, 0.05) is 25.2 Å².